The second kappa shape index (κ2) is 7.26. The van der Waals surface area contributed by atoms with Crippen molar-refractivity contribution in [2.45, 2.75) is 32.7 Å². The van der Waals surface area contributed by atoms with E-state index in [9.17, 15) is 14.4 Å². The monoisotopic (exact) mass is 402 g/mol. The molecular formula is C23H22N4O3. The minimum Gasteiger partial charge on any atom is -0.324 e. The van der Waals surface area contributed by atoms with E-state index in [-0.39, 0.29) is 29.0 Å². The van der Waals surface area contributed by atoms with Crippen LogP contribution in [0.15, 0.2) is 64.4 Å². The Morgan fingerprint density at radius 2 is 1.83 bits per heavy atom. The fourth-order valence-electron chi connectivity index (χ4n) is 3.53. The van der Waals surface area contributed by atoms with Gasteiger partial charge in [0.25, 0.3) is 5.56 Å². The van der Waals surface area contributed by atoms with Crippen LogP contribution in [0.1, 0.15) is 26.3 Å². The third kappa shape index (κ3) is 3.74. The van der Waals surface area contributed by atoms with Gasteiger partial charge in [-0.1, -0.05) is 39.0 Å². The first-order chi connectivity index (χ1) is 14.2. The number of pyridine rings is 1. The van der Waals surface area contributed by atoms with Gasteiger partial charge in [0.05, 0.1) is 22.7 Å². The third-order valence-corrected chi connectivity index (χ3v) is 4.98. The lowest BCUT2D eigenvalue weighted by Gasteiger charge is -2.21. The highest BCUT2D eigenvalue weighted by molar-refractivity contribution is 5.94. The Morgan fingerprint density at radius 1 is 1.07 bits per heavy atom. The van der Waals surface area contributed by atoms with Crippen molar-refractivity contribution in [1.82, 2.24) is 14.5 Å². The molecule has 0 saturated carbocycles. The first-order valence-corrected chi connectivity index (χ1v) is 9.64. The van der Waals surface area contributed by atoms with E-state index in [1.807, 2.05) is 26.8 Å². The molecule has 2 aromatic carbocycles. The van der Waals surface area contributed by atoms with E-state index in [4.69, 9.17) is 0 Å². The largest absolute Gasteiger partial charge is 0.324 e. The van der Waals surface area contributed by atoms with Gasteiger partial charge < -0.3 is 10.3 Å². The second-order valence-electron chi connectivity index (χ2n) is 8.30. The number of anilines is 1. The summed E-state index contributed by atoms with van der Waals surface area (Å²) >= 11 is 0. The lowest BCUT2D eigenvalue weighted by Crippen LogP contribution is -2.27. The number of aromatic amines is 1. The molecule has 0 aliphatic carbocycles. The number of amides is 1. The molecule has 4 rings (SSSR count). The van der Waals surface area contributed by atoms with E-state index in [1.165, 1.54) is 10.9 Å². The van der Waals surface area contributed by atoms with Gasteiger partial charge in [-0.15, -0.1) is 0 Å². The number of fused-ring (bicyclic) bond motifs is 2. The summed E-state index contributed by atoms with van der Waals surface area (Å²) in [6.07, 6.45) is 1.37. The Balaban J connectivity index is 1.62. The van der Waals surface area contributed by atoms with E-state index >= 15 is 0 Å². The Hall–Kier alpha value is -3.74. The van der Waals surface area contributed by atoms with Crippen LogP contribution < -0.4 is 16.4 Å². The highest BCUT2D eigenvalue weighted by atomic mass is 16.2. The van der Waals surface area contributed by atoms with Crippen LogP contribution in [0.3, 0.4) is 0 Å². The molecule has 7 heteroatoms. The summed E-state index contributed by atoms with van der Waals surface area (Å²) in [7, 11) is 0. The predicted octanol–water partition coefficient (Wildman–Crippen LogP) is 3.17. The highest BCUT2D eigenvalue weighted by Crippen LogP contribution is 2.29. The first-order valence-electron chi connectivity index (χ1n) is 9.64. The van der Waals surface area contributed by atoms with Gasteiger partial charge in [-0.05, 0) is 35.2 Å². The summed E-state index contributed by atoms with van der Waals surface area (Å²) in [5.74, 6) is -0.358. The molecule has 0 unspecified atom stereocenters. The fourth-order valence-corrected chi connectivity index (χ4v) is 3.53. The minimum absolute atomic E-state index is 0.159. The van der Waals surface area contributed by atoms with E-state index < -0.39 is 0 Å². The van der Waals surface area contributed by atoms with E-state index in [2.05, 4.69) is 15.3 Å². The molecule has 152 valence electrons. The quantitative estimate of drug-likeness (QED) is 0.550. The van der Waals surface area contributed by atoms with Gasteiger partial charge >= 0.3 is 0 Å². The number of benzene rings is 2. The summed E-state index contributed by atoms with van der Waals surface area (Å²) in [6, 6.07) is 14.0. The Bertz CT molecular complexity index is 1390. The molecular weight excluding hydrogens is 380 g/mol. The number of hydrogen-bond acceptors (Lipinski definition) is 4. The summed E-state index contributed by atoms with van der Waals surface area (Å²) in [5.41, 5.74) is 2.06. The molecule has 30 heavy (non-hydrogen) atoms. The maximum atomic E-state index is 12.6. The summed E-state index contributed by atoms with van der Waals surface area (Å²) in [6.45, 7) is 5.98. The number of nitrogens with zero attached hydrogens (tertiary/aromatic N) is 2. The molecule has 0 aliphatic rings. The number of para-hydroxylation sites is 1. The third-order valence-electron chi connectivity index (χ3n) is 4.98. The van der Waals surface area contributed by atoms with Crippen molar-refractivity contribution in [2.75, 3.05) is 5.32 Å². The lowest BCUT2D eigenvalue weighted by atomic mass is 9.85. The average Bonchev–Trinajstić information content (AvgIpc) is 2.68. The molecule has 0 atom stereocenters. The van der Waals surface area contributed by atoms with Gasteiger partial charge in [0.1, 0.15) is 6.54 Å². The minimum atomic E-state index is -0.358. The summed E-state index contributed by atoms with van der Waals surface area (Å²) in [4.78, 5) is 44.2. The number of H-pyrrole nitrogens is 1. The molecule has 0 spiro atoms. The second-order valence-corrected chi connectivity index (χ2v) is 8.30. The maximum absolute atomic E-state index is 12.6. The van der Waals surface area contributed by atoms with E-state index in [0.717, 1.165) is 10.9 Å². The van der Waals surface area contributed by atoms with Crippen LogP contribution in [0.5, 0.6) is 0 Å². The molecule has 7 nitrogen and oxygen atoms in total. The van der Waals surface area contributed by atoms with Crippen molar-refractivity contribution in [2.24, 2.45) is 0 Å². The number of rotatable bonds is 3. The zero-order valence-electron chi connectivity index (χ0n) is 17.0. The van der Waals surface area contributed by atoms with Crippen molar-refractivity contribution in [3.8, 4) is 0 Å². The van der Waals surface area contributed by atoms with Crippen LogP contribution in [-0.2, 0) is 16.8 Å². The zero-order chi connectivity index (χ0) is 21.5. The average molecular weight is 402 g/mol. The molecule has 0 radical (unpaired) electrons. The number of nitrogens with one attached hydrogen (secondary N) is 2. The Kier molecular flexibility index (Phi) is 4.73. The number of hydrogen-bond donors (Lipinski definition) is 2. The van der Waals surface area contributed by atoms with Gasteiger partial charge in [0.15, 0.2) is 0 Å². The number of carbonyl (C=O) groups excluding carboxylic acids is 1. The zero-order valence-corrected chi connectivity index (χ0v) is 17.0. The standard InChI is InChI=1S/C23H22N4O3/c1-23(2,3)17-11-20(28)26-19-10-14(8-9-15(17)19)25-21(29)12-27-13-24-18-7-5-4-6-16(18)22(27)30/h4-11,13H,12H2,1-3H3,(H,25,29)(H,26,28). The van der Waals surface area contributed by atoms with Crippen molar-refractivity contribution in [1.29, 1.82) is 0 Å². The Labute approximate surface area is 172 Å². The van der Waals surface area contributed by atoms with Crippen LogP contribution >= 0.6 is 0 Å². The van der Waals surface area contributed by atoms with E-state index in [0.29, 0.717) is 22.1 Å². The van der Waals surface area contributed by atoms with Crippen LogP contribution in [0.2, 0.25) is 0 Å². The van der Waals surface area contributed by atoms with Crippen molar-refractivity contribution < 1.29 is 4.79 Å². The molecule has 2 heterocycles. The number of carbonyl (C=O) groups is 1. The molecule has 1 amide bonds. The van der Waals surface area contributed by atoms with Gasteiger partial charge in [-0.25, -0.2) is 4.98 Å². The molecule has 2 aromatic heterocycles. The predicted molar refractivity (Wildman–Crippen MR) is 118 cm³/mol. The summed E-state index contributed by atoms with van der Waals surface area (Å²) in [5, 5.41) is 4.18. The number of aromatic nitrogens is 3. The van der Waals surface area contributed by atoms with Gasteiger partial charge in [0.2, 0.25) is 11.5 Å². The summed E-state index contributed by atoms with van der Waals surface area (Å²) < 4.78 is 1.28. The molecule has 0 aliphatic heterocycles. The van der Waals surface area contributed by atoms with Gasteiger partial charge in [-0.2, -0.15) is 0 Å². The molecule has 0 fully saturated rings. The highest BCUT2D eigenvalue weighted by Gasteiger charge is 2.18. The smallest absolute Gasteiger partial charge is 0.261 e. The van der Waals surface area contributed by atoms with Crippen LogP contribution in [0.4, 0.5) is 5.69 Å². The van der Waals surface area contributed by atoms with Crippen LogP contribution in [0.25, 0.3) is 21.8 Å². The topological polar surface area (TPSA) is 96.8 Å². The fraction of sp³-hybridized carbons (Fsp3) is 0.217. The lowest BCUT2D eigenvalue weighted by molar-refractivity contribution is -0.116. The molecule has 0 saturated heterocycles. The van der Waals surface area contributed by atoms with E-state index in [1.54, 1.807) is 42.5 Å². The first kappa shape index (κ1) is 19.6. The van der Waals surface area contributed by atoms with Gasteiger partial charge in [-0.3, -0.25) is 19.0 Å². The van der Waals surface area contributed by atoms with Gasteiger partial charge in [0, 0.05) is 17.1 Å². The molecule has 0 bridgehead atoms. The van der Waals surface area contributed by atoms with Crippen LogP contribution in [-0.4, -0.2) is 20.4 Å². The Morgan fingerprint density at radius 3 is 2.60 bits per heavy atom. The van der Waals surface area contributed by atoms with Crippen LogP contribution in [0, 0.1) is 0 Å². The maximum Gasteiger partial charge on any atom is 0.261 e. The van der Waals surface area contributed by atoms with Crippen molar-refractivity contribution in [3.05, 3.63) is 81.1 Å². The van der Waals surface area contributed by atoms with Crippen molar-refractivity contribution in [3.63, 3.8) is 0 Å². The molecule has 2 N–H and O–H groups in total. The SMILES string of the molecule is CC(C)(C)c1cc(=O)[nH]c2cc(NC(=O)Cn3cnc4ccccc4c3=O)ccc12. The van der Waals surface area contributed by atoms with Crippen molar-refractivity contribution >= 4 is 33.4 Å². The molecule has 4 aromatic rings. The normalized spacial score (nSPS) is 11.7.